The Bertz CT molecular complexity index is 823. The minimum atomic E-state index is 0.358. The van der Waals surface area contributed by atoms with Gasteiger partial charge < -0.3 is 0 Å². The van der Waals surface area contributed by atoms with Crippen LogP contribution in [-0.2, 0) is 6.42 Å². The molecule has 3 aromatic rings. The summed E-state index contributed by atoms with van der Waals surface area (Å²) in [4.78, 5) is 0. The van der Waals surface area contributed by atoms with Crippen LogP contribution >= 0.6 is 0 Å². The van der Waals surface area contributed by atoms with Crippen LogP contribution in [0.1, 0.15) is 27.8 Å². The van der Waals surface area contributed by atoms with Crippen LogP contribution in [0.5, 0.6) is 0 Å². The molecule has 0 aromatic heterocycles. The highest BCUT2D eigenvalue weighted by molar-refractivity contribution is 6.97. The van der Waals surface area contributed by atoms with E-state index in [0.29, 0.717) is 6.71 Å². The quantitative estimate of drug-likeness (QED) is 0.474. The number of rotatable bonds is 1. The van der Waals surface area contributed by atoms with Crippen LogP contribution in [0.15, 0.2) is 60.7 Å². The largest absolute Gasteiger partial charge is 0.242 e. The average molecular weight is 296 g/mol. The molecule has 0 saturated heterocycles. The molecule has 0 radical (unpaired) electrons. The fourth-order valence-electron chi connectivity index (χ4n) is 4.28. The SMILES string of the molecule is Cc1cc(C)c(B2c3ccccc3Cc3ccccc32)c(C)c1. The van der Waals surface area contributed by atoms with Crippen molar-refractivity contribution in [3.8, 4) is 0 Å². The minimum Gasteiger partial charge on any atom is -0.0667 e. The molecular formula is C22H21B. The molecule has 4 rings (SSSR count). The molecule has 0 unspecified atom stereocenters. The zero-order valence-corrected chi connectivity index (χ0v) is 14.1. The zero-order chi connectivity index (χ0) is 16.0. The van der Waals surface area contributed by atoms with E-state index in [-0.39, 0.29) is 0 Å². The Labute approximate surface area is 139 Å². The van der Waals surface area contributed by atoms with E-state index in [4.69, 9.17) is 0 Å². The summed E-state index contributed by atoms with van der Waals surface area (Å²) >= 11 is 0. The van der Waals surface area contributed by atoms with Crippen LogP contribution < -0.4 is 16.4 Å². The molecule has 3 aromatic carbocycles. The van der Waals surface area contributed by atoms with Crippen LogP contribution in [-0.4, -0.2) is 6.71 Å². The summed E-state index contributed by atoms with van der Waals surface area (Å²) in [6, 6.07) is 22.5. The highest BCUT2D eigenvalue weighted by Gasteiger charge is 2.31. The number of fused-ring (bicyclic) bond motifs is 2. The van der Waals surface area contributed by atoms with Crippen LogP contribution in [0.25, 0.3) is 0 Å². The molecule has 1 aliphatic heterocycles. The van der Waals surface area contributed by atoms with E-state index in [0.717, 1.165) is 6.42 Å². The van der Waals surface area contributed by atoms with E-state index in [1.807, 2.05) is 0 Å². The Morgan fingerprint density at radius 2 is 1.17 bits per heavy atom. The molecule has 0 aliphatic carbocycles. The Kier molecular flexibility index (Phi) is 3.38. The smallest absolute Gasteiger partial charge is 0.0667 e. The maximum absolute atomic E-state index is 2.32. The molecule has 1 heteroatoms. The summed E-state index contributed by atoms with van der Waals surface area (Å²) in [7, 11) is 0. The number of benzene rings is 3. The van der Waals surface area contributed by atoms with Crippen molar-refractivity contribution in [1.82, 2.24) is 0 Å². The molecule has 112 valence electrons. The van der Waals surface area contributed by atoms with Crippen molar-refractivity contribution >= 4 is 23.1 Å². The number of hydrogen-bond acceptors (Lipinski definition) is 0. The Balaban J connectivity index is 2.02. The topological polar surface area (TPSA) is 0 Å². The van der Waals surface area contributed by atoms with E-state index in [2.05, 4.69) is 81.4 Å². The minimum absolute atomic E-state index is 0.358. The van der Waals surface area contributed by atoms with Crippen molar-refractivity contribution in [2.24, 2.45) is 0 Å². The van der Waals surface area contributed by atoms with Gasteiger partial charge in [-0.3, -0.25) is 0 Å². The molecule has 0 atom stereocenters. The summed E-state index contributed by atoms with van der Waals surface area (Å²) in [5.74, 6) is 0. The lowest BCUT2D eigenvalue weighted by Crippen LogP contribution is -2.58. The number of hydrogen-bond donors (Lipinski definition) is 0. The van der Waals surface area contributed by atoms with Gasteiger partial charge in [0.15, 0.2) is 0 Å². The molecule has 0 bridgehead atoms. The first-order valence-corrected chi connectivity index (χ1v) is 8.38. The fraction of sp³-hybridized carbons (Fsp3) is 0.182. The van der Waals surface area contributed by atoms with Gasteiger partial charge in [0.1, 0.15) is 0 Å². The highest BCUT2D eigenvalue weighted by Crippen LogP contribution is 2.16. The van der Waals surface area contributed by atoms with Crippen LogP contribution in [0.4, 0.5) is 0 Å². The molecule has 0 nitrogen and oxygen atoms in total. The highest BCUT2D eigenvalue weighted by atomic mass is 14.2. The predicted octanol–water partition coefficient (Wildman–Crippen LogP) is 3.03. The molecule has 1 aliphatic rings. The normalized spacial score (nSPS) is 12.7. The average Bonchev–Trinajstić information content (AvgIpc) is 2.53. The van der Waals surface area contributed by atoms with E-state index >= 15 is 0 Å². The molecule has 0 spiro atoms. The molecule has 0 saturated carbocycles. The Hall–Kier alpha value is -2.28. The van der Waals surface area contributed by atoms with Crippen molar-refractivity contribution < 1.29 is 0 Å². The lowest BCUT2D eigenvalue weighted by atomic mass is 9.32. The van der Waals surface area contributed by atoms with Gasteiger partial charge in [0.2, 0.25) is 6.71 Å². The van der Waals surface area contributed by atoms with Crippen LogP contribution in [0, 0.1) is 20.8 Å². The first kappa shape index (κ1) is 14.3. The molecule has 1 heterocycles. The molecule has 0 amide bonds. The second kappa shape index (κ2) is 5.42. The standard InChI is InChI=1S/C22H21B/c1-15-12-16(2)22(17(3)13-15)23-20-10-6-4-8-18(20)14-19-9-5-7-11-21(19)23/h4-13H,14H2,1-3H3. The van der Waals surface area contributed by atoms with Gasteiger partial charge in [-0.15, -0.1) is 0 Å². The van der Waals surface area contributed by atoms with Gasteiger partial charge in [-0.05, 0) is 38.3 Å². The Morgan fingerprint density at radius 3 is 1.70 bits per heavy atom. The van der Waals surface area contributed by atoms with Gasteiger partial charge in [-0.25, -0.2) is 0 Å². The van der Waals surface area contributed by atoms with Gasteiger partial charge in [0.25, 0.3) is 0 Å². The van der Waals surface area contributed by atoms with E-state index < -0.39 is 0 Å². The maximum Gasteiger partial charge on any atom is 0.242 e. The van der Waals surface area contributed by atoms with Gasteiger partial charge >= 0.3 is 0 Å². The van der Waals surface area contributed by atoms with Crippen molar-refractivity contribution in [2.75, 3.05) is 0 Å². The Morgan fingerprint density at radius 1 is 0.696 bits per heavy atom. The lowest BCUT2D eigenvalue weighted by molar-refractivity contribution is 1.21. The van der Waals surface area contributed by atoms with Crippen molar-refractivity contribution in [1.29, 1.82) is 0 Å². The first-order valence-electron chi connectivity index (χ1n) is 8.38. The maximum atomic E-state index is 2.32. The fourth-order valence-corrected chi connectivity index (χ4v) is 4.28. The van der Waals surface area contributed by atoms with Crippen LogP contribution in [0.2, 0.25) is 0 Å². The third-order valence-electron chi connectivity index (χ3n) is 5.14. The van der Waals surface area contributed by atoms with E-state index in [9.17, 15) is 0 Å². The number of aryl methyl sites for hydroxylation is 3. The molecule has 23 heavy (non-hydrogen) atoms. The monoisotopic (exact) mass is 296 g/mol. The lowest BCUT2D eigenvalue weighted by Gasteiger charge is -2.29. The third kappa shape index (κ3) is 2.32. The van der Waals surface area contributed by atoms with Gasteiger partial charge in [0, 0.05) is 0 Å². The first-order chi connectivity index (χ1) is 11.1. The second-order valence-corrected chi connectivity index (χ2v) is 6.82. The molecule has 0 fully saturated rings. The van der Waals surface area contributed by atoms with Crippen LogP contribution in [0.3, 0.4) is 0 Å². The summed E-state index contributed by atoms with van der Waals surface area (Å²) in [6.07, 6.45) is 1.05. The van der Waals surface area contributed by atoms with Gasteiger partial charge in [-0.1, -0.05) is 93.7 Å². The summed E-state index contributed by atoms with van der Waals surface area (Å²) < 4.78 is 0. The predicted molar refractivity (Wildman–Crippen MR) is 101 cm³/mol. The van der Waals surface area contributed by atoms with Crippen molar-refractivity contribution in [3.05, 3.63) is 88.5 Å². The van der Waals surface area contributed by atoms with Gasteiger partial charge in [-0.2, -0.15) is 0 Å². The zero-order valence-electron chi connectivity index (χ0n) is 14.1. The summed E-state index contributed by atoms with van der Waals surface area (Å²) in [5.41, 5.74) is 11.5. The molecular weight excluding hydrogens is 275 g/mol. The summed E-state index contributed by atoms with van der Waals surface area (Å²) in [6.45, 7) is 7.06. The van der Waals surface area contributed by atoms with Crippen molar-refractivity contribution in [2.45, 2.75) is 27.2 Å². The molecule has 0 N–H and O–H groups in total. The van der Waals surface area contributed by atoms with E-state index in [1.54, 1.807) is 0 Å². The van der Waals surface area contributed by atoms with Crippen molar-refractivity contribution in [3.63, 3.8) is 0 Å². The second-order valence-electron chi connectivity index (χ2n) is 6.82. The third-order valence-corrected chi connectivity index (χ3v) is 5.14. The summed E-state index contributed by atoms with van der Waals surface area (Å²) in [5, 5.41) is 0. The van der Waals surface area contributed by atoms with Gasteiger partial charge in [0.05, 0.1) is 0 Å². The van der Waals surface area contributed by atoms with E-state index in [1.165, 1.54) is 44.2 Å².